The number of nitrogens with zero attached hydrogens (tertiary/aromatic N) is 1. The lowest BCUT2D eigenvalue weighted by Crippen LogP contribution is -2.32. The molecule has 0 aliphatic carbocycles. The largest absolute Gasteiger partial charge is 0.416 e. The molecule has 0 bridgehead atoms. The zero-order chi connectivity index (χ0) is 21.9. The van der Waals surface area contributed by atoms with Crippen LogP contribution in [0.3, 0.4) is 0 Å². The average Bonchev–Trinajstić information content (AvgIpc) is 3.08. The van der Waals surface area contributed by atoms with Gasteiger partial charge in [-0.3, -0.25) is 14.4 Å². The molecule has 1 atom stereocenters. The number of carbonyl (C=O) groups excluding carboxylic acids is 3. The van der Waals surface area contributed by atoms with Gasteiger partial charge in [0.2, 0.25) is 17.7 Å². The Kier molecular flexibility index (Phi) is 6.09. The van der Waals surface area contributed by atoms with E-state index < -0.39 is 23.6 Å². The minimum absolute atomic E-state index is 0.0213. The monoisotopic (exact) mass is 419 g/mol. The van der Waals surface area contributed by atoms with Crippen LogP contribution in [-0.4, -0.2) is 24.3 Å². The summed E-state index contributed by atoms with van der Waals surface area (Å²) in [5.41, 5.74) is 0.717. The first kappa shape index (κ1) is 21.4. The molecule has 158 valence electrons. The van der Waals surface area contributed by atoms with Gasteiger partial charge in [0, 0.05) is 37.8 Å². The number of hydrogen-bond acceptors (Lipinski definition) is 3. The Morgan fingerprint density at radius 2 is 1.83 bits per heavy atom. The Morgan fingerprint density at radius 3 is 2.47 bits per heavy atom. The van der Waals surface area contributed by atoms with Gasteiger partial charge in [-0.25, -0.2) is 0 Å². The molecule has 3 amide bonds. The topological polar surface area (TPSA) is 78.5 Å². The normalized spacial score (nSPS) is 16.5. The molecule has 1 saturated heterocycles. The Balaban J connectivity index is 1.59. The van der Waals surface area contributed by atoms with Crippen LogP contribution in [-0.2, 0) is 27.1 Å². The molecule has 0 saturated carbocycles. The van der Waals surface area contributed by atoms with Gasteiger partial charge in [-0.2, -0.15) is 13.2 Å². The minimum atomic E-state index is -4.51. The number of alkyl halides is 3. The number of carbonyl (C=O) groups is 3. The quantitative estimate of drug-likeness (QED) is 0.780. The standard InChI is InChI=1S/C21H20F3N3O3/c1-13(28)26-17-7-5-14(6-8-17)11-25-20(30)15-9-19(29)27(12-15)18-4-2-3-16(10-18)21(22,23)24/h2-8,10,15H,9,11-12H2,1H3,(H,25,30)(H,26,28)/t15-/m0/s1. The smallest absolute Gasteiger partial charge is 0.352 e. The van der Waals surface area contributed by atoms with Gasteiger partial charge in [0.1, 0.15) is 0 Å². The molecule has 3 rings (SSSR count). The van der Waals surface area contributed by atoms with Gasteiger partial charge >= 0.3 is 6.18 Å². The molecule has 1 fully saturated rings. The number of hydrogen-bond donors (Lipinski definition) is 2. The molecule has 9 heteroatoms. The van der Waals surface area contributed by atoms with Gasteiger partial charge in [0.05, 0.1) is 11.5 Å². The molecule has 2 aromatic rings. The van der Waals surface area contributed by atoms with Gasteiger partial charge < -0.3 is 15.5 Å². The lowest BCUT2D eigenvalue weighted by molar-refractivity contribution is -0.137. The van der Waals surface area contributed by atoms with Crippen LogP contribution in [0, 0.1) is 5.92 Å². The second-order valence-electron chi connectivity index (χ2n) is 7.05. The molecule has 0 spiro atoms. The van der Waals surface area contributed by atoms with Crippen molar-refractivity contribution in [2.24, 2.45) is 5.92 Å². The number of benzene rings is 2. The summed E-state index contributed by atoms with van der Waals surface area (Å²) >= 11 is 0. The Bertz CT molecular complexity index is 958. The van der Waals surface area contributed by atoms with Crippen LogP contribution < -0.4 is 15.5 Å². The van der Waals surface area contributed by atoms with Crippen molar-refractivity contribution in [2.75, 3.05) is 16.8 Å². The summed E-state index contributed by atoms with van der Waals surface area (Å²) in [4.78, 5) is 37.0. The second-order valence-corrected chi connectivity index (χ2v) is 7.05. The SMILES string of the molecule is CC(=O)Nc1ccc(CNC(=O)[C@H]2CC(=O)N(c3cccc(C(F)(F)F)c3)C2)cc1. The Hall–Kier alpha value is -3.36. The van der Waals surface area contributed by atoms with Crippen molar-refractivity contribution in [3.05, 3.63) is 59.7 Å². The highest BCUT2D eigenvalue weighted by Gasteiger charge is 2.36. The highest BCUT2D eigenvalue weighted by Crippen LogP contribution is 2.33. The summed E-state index contributed by atoms with van der Waals surface area (Å²) in [5.74, 6) is -1.57. The fraction of sp³-hybridized carbons (Fsp3) is 0.286. The highest BCUT2D eigenvalue weighted by atomic mass is 19.4. The Labute approximate surface area is 171 Å². The van der Waals surface area contributed by atoms with Crippen molar-refractivity contribution in [1.82, 2.24) is 5.32 Å². The van der Waals surface area contributed by atoms with Crippen molar-refractivity contribution < 1.29 is 27.6 Å². The summed E-state index contributed by atoms with van der Waals surface area (Å²) in [5, 5.41) is 5.38. The second kappa shape index (κ2) is 8.56. The molecular weight excluding hydrogens is 399 g/mol. The number of nitrogens with one attached hydrogen (secondary N) is 2. The van der Waals surface area contributed by atoms with E-state index in [-0.39, 0.29) is 37.0 Å². The van der Waals surface area contributed by atoms with E-state index in [0.29, 0.717) is 5.69 Å². The van der Waals surface area contributed by atoms with Gasteiger partial charge in [0.25, 0.3) is 0 Å². The fourth-order valence-electron chi connectivity index (χ4n) is 3.23. The van der Waals surface area contributed by atoms with Crippen LogP contribution >= 0.6 is 0 Å². The minimum Gasteiger partial charge on any atom is -0.352 e. The van der Waals surface area contributed by atoms with Gasteiger partial charge in [-0.05, 0) is 35.9 Å². The molecule has 1 aliphatic rings. The molecule has 30 heavy (non-hydrogen) atoms. The zero-order valence-corrected chi connectivity index (χ0v) is 16.1. The van der Waals surface area contributed by atoms with Crippen molar-refractivity contribution in [3.63, 3.8) is 0 Å². The van der Waals surface area contributed by atoms with Crippen LogP contribution in [0.5, 0.6) is 0 Å². The van der Waals surface area contributed by atoms with Gasteiger partial charge in [-0.1, -0.05) is 18.2 Å². The van der Waals surface area contributed by atoms with Crippen molar-refractivity contribution in [2.45, 2.75) is 26.1 Å². The molecule has 2 N–H and O–H groups in total. The van der Waals surface area contributed by atoms with Gasteiger partial charge in [0.15, 0.2) is 0 Å². The number of rotatable bonds is 5. The molecule has 1 heterocycles. The van der Waals surface area contributed by atoms with Crippen molar-refractivity contribution >= 4 is 29.1 Å². The van der Waals surface area contributed by atoms with E-state index in [1.165, 1.54) is 24.0 Å². The third-order valence-corrected chi connectivity index (χ3v) is 4.72. The van der Waals surface area contributed by atoms with Crippen LogP contribution in [0.15, 0.2) is 48.5 Å². The number of amides is 3. The molecule has 0 unspecified atom stereocenters. The summed E-state index contributed by atoms with van der Waals surface area (Å²) in [6, 6.07) is 11.4. The van der Waals surface area contributed by atoms with Gasteiger partial charge in [-0.15, -0.1) is 0 Å². The van der Waals surface area contributed by atoms with Crippen molar-refractivity contribution in [1.29, 1.82) is 0 Å². The third kappa shape index (κ3) is 5.16. The predicted octanol–water partition coefficient (Wildman–Crippen LogP) is 3.33. The summed E-state index contributed by atoms with van der Waals surface area (Å²) in [6.07, 6.45) is -4.57. The maximum atomic E-state index is 12.9. The van der Waals surface area contributed by atoms with E-state index in [1.54, 1.807) is 24.3 Å². The summed E-state index contributed by atoms with van der Waals surface area (Å²) in [7, 11) is 0. The lowest BCUT2D eigenvalue weighted by atomic mass is 10.1. The van der Waals surface area contributed by atoms with E-state index in [2.05, 4.69) is 10.6 Å². The number of halogens is 3. The highest BCUT2D eigenvalue weighted by molar-refractivity contribution is 6.00. The predicted molar refractivity (Wildman–Crippen MR) is 104 cm³/mol. The average molecular weight is 419 g/mol. The van der Waals surface area contributed by atoms with Crippen LogP contribution in [0.4, 0.5) is 24.5 Å². The number of anilines is 2. The lowest BCUT2D eigenvalue weighted by Gasteiger charge is -2.18. The van der Waals surface area contributed by atoms with Crippen molar-refractivity contribution in [3.8, 4) is 0 Å². The Morgan fingerprint density at radius 1 is 1.13 bits per heavy atom. The molecule has 1 aliphatic heterocycles. The van der Waals surface area contributed by atoms with E-state index >= 15 is 0 Å². The third-order valence-electron chi connectivity index (χ3n) is 4.72. The van der Waals surface area contributed by atoms with Crippen LogP contribution in [0.2, 0.25) is 0 Å². The van der Waals surface area contributed by atoms with E-state index in [1.807, 2.05) is 0 Å². The first-order chi connectivity index (χ1) is 14.1. The maximum absolute atomic E-state index is 12.9. The molecule has 0 aromatic heterocycles. The molecular formula is C21H20F3N3O3. The molecule has 2 aromatic carbocycles. The fourth-order valence-corrected chi connectivity index (χ4v) is 3.23. The summed E-state index contributed by atoms with van der Waals surface area (Å²) in [6.45, 7) is 1.65. The van der Waals surface area contributed by atoms with Crippen LogP contribution in [0.25, 0.3) is 0 Å². The zero-order valence-electron chi connectivity index (χ0n) is 16.1. The first-order valence-corrected chi connectivity index (χ1v) is 9.25. The van der Waals surface area contributed by atoms with E-state index in [0.717, 1.165) is 17.7 Å². The summed E-state index contributed by atoms with van der Waals surface area (Å²) < 4.78 is 38.8. The van der Waals surface area contributed by atoms with E-state index in [4.69, 9.17) is 0 Å². The molecule has 0 radical (unpaired) electrons. The van der Waals surface area contributed by atoms with E-state index in [9.17, 15) is 27.6 Å². The van der Waals surface area contributed by atoms with Crippen LogP contribution in [0.1, 0.15) is 24.5 Å². The molecule has 6 nitrogen and oxygen atoms in total. The first-order valence-electron chi connectivity index (χ1n) is 9.25. The maximum Gasteiger partial charge on any atom is 0.416 e.